The molecule has 0 radical (unpaired) electrons. The molecule has 0 aliphatic rings. The van der Waals surface area contributed by atoms with Crippen LogP contribution in [-0.2, 0) is 16.0 Å². The molecule has 12 heteroatoms. The number of hydrogen-bond donors (Lipinski definition) is 0. The second-order valence-electron chi connectivity index (χ2n) is 8.59. The van der Waals surface area contributed by atoms with Gasteiger partial charge in [0.2, 0.25) is 5.13 Å². The summed E-state index contributed by atoms with van der Waals surface area (Å²) < 4.78 is 11.2. The fourth-order valence-corrected chi connectivity index (χ4v) is 4.64. The fourth-order valence-electron chi connectivity index (χ4n) is 3.82. The maximum Gasteiger partial charge on any atom is 0.305 e. The van der Waals surface area contributed by atoms with E-state index in [1.807, 2.05) is 48.5 Å². The normalized spacial score (nSPS) is 10.9. The lowest BCUT2D eigenvalue weighted by atomic mass is 10.1. The SMILES string of the molecule is COC(=O)CCc1ccc(OCCN(CCC#N)c2ccc(N=Nc3nc4ccc([N+](=O)[O-])cc4s3)cc2)cc1. The molecule has 0 aliphatic carbocycles. The van der Waals surface area contributed by atoms with Gasteiger partial charge in [0, 0.05) is 30.8 Å². The Balaban J connectivity index is 1.34. The molecule has 0 spiro atoms. The molecule has 0 N–H and O–H groups in total. The van der Waals surface area contributed by atoms with Crippen molar-refractivity contribution in [3.8, 4) is 11.8 Å². The molecule has 0 atom stereocenters. The number of fused-ring (bicyclic) bond motifs is 1. The van der Waals surface area contributed by atoms with Gasteiger partial charge in [0.1, 0.15) is 12.4 Å². The van der Waals surface area contributed by atoms with Crippen LogP contribution in [0.2, 0.25) is 0 Å². The summed E-state index contributed by atoms with van der Waals surface area (Å²) in [5, 5.41) is 28.9. The van der Waals surface area contributed by atoms with Gasteiger partial charge >= 0.3 is 5.97 Å². The Hall–Kier alpha value is -4.89. The number of aryl methyl sites for hydroxylation is 1. The van der Waals surface area contributed by atoms with Gasteiger partial charge in [-0.15, -0.1) is 10.2 Å². The van der Waals surface area contributed by atoms with Gasteiger partial charge in [-0.2, -0.15) is 5.26 Å². The van der Waals surface area contributed by atoms with Crippen molar-refractivity contribution in [2.24, 2.45) is 10.2 Å². The van der Waals surface area contributed by atoms with Crippen LogP contribution in [0.3, 0.4) is 0 Å². The number of esters is 1. The van der Waals surface area contributed by atoms with Crippen LogP contribution in [0.5, 0.6) is 5.75 Å². The smallest absolute Gasteiger partial charge is 0.305 e. The molecule has 4 rings (SSSR count). The molecule has 0 saturated heterocycles. The largest absolute Gasteiger partial charge is 0.492 e. The highest BCUT2D eigenvalue weighted by atomic mass is 32.1. The highest BCUT2D eigenvalue weighted by Gasteiger charge is 2.11. The van der Waals surface area contributed by atoms with E-state index in [0.29, 0.717) is 60.0 Å². The van der Waals surface area contributed by atoms with Crippen LogP contribution in [0.1, 0.15) is 18.4 Å². The molecule has 204 valence electrons. The average Bonchev–Trinajstić information content (AvgIpc) is 3.40. The molecule has 0 bridgehead atoms. The number of thiazole rings is 1. The molecule has 1 heterocycles. The monoisotopic (exact) mass is 558 g/mol. The lowest BCUT2D eigenvalue weighted by Gasteiger charge is -2.24. The van der Waals surface area contributed by atoms with E-state index in [9.17, 15) is 14.9 Å². The molecule has 11 nitrogen and oxygen atoms in total. The summed E-state index contributed by atoms with van der Waals surface area (Å²) in [5.41, 5.74) is 3.20. The number of carbonyl (C=O) groups excluding carboxylic acids is 1. The maximum absolute atomic E-state index is 11.3. The average molecular weight is 559 g/mol. The quantitative estimate of drug-likeness (QED) is 0.0780. The highest BCUT2D eigenvalue weighted by Crippen LogP contribution is 2.32. The van der Waals surface area contributed by atoms with Crippen LogP contribution < -0.4 is 9.64 Å². The van der Waals surface area contributed by atoms with E-state index in [1.54, 1.807) is 6.07 Å². The van der Waals surface area contributed by atoms with E-state index in [1.165, 1.54) is 30.6 Å². The third-order valence-corrected chi connectivity index (χ3v) is 6.83. The Labute approximate surface area is 234 Å². The van der Waals surface area contributed by atoms with Gasteiger partial charge in [0.25, 0.3) is 5.69 Å². The number of ether oxygens (including phenoxy) is 2. The van der Waals surface area contributed by atoms with E-state index in [-0.39, 0.29) is 11.7 Å². The van der Waals surface area contributed by atoms with Crippen LogP contribution in [0.15, 0.2) is 77.0 Å². The summed E-state index contributed by atoms with van der Waals surface area (Å²) in [4.78, 5) is 28.3. The number of rotatable bonds is 13. The molecule has 0 saturated carbocycles. The molecule has 40 heavy (non-hydrogen) atoms. The minimum Gasteiger partial charge on any atom is -0.492 e. The fraction of sp³-hybridized carbons (Fsp3) is 0.250. The number of non-ortho nitro benzene ring substituents is 1. The second-order valence-corrected chi connectivity index (χ2v) is 9.59. The Morgan fingerprint density at radius 1 is 1.10 bits per heavy atom. The number of methoxy groups -OCH3 is 1. The Morgan fingerprint density at radius 3 is 2.58 bits per heavy atom. The van der Waals surface area contributed by atoms with E-state index in [0.717, 1.165) is 17.0 Å². The van der Waals surface area contributed by atoms with Gasteiger partial charge < -0.3 is 14.4 Å². The first-order valence-corrected chi connectivity index (χ1v) is 13.2. The number of anilines is 1. The first kappa shape index (κ1) is 28.1. The van der Waals surface area contributed by atoms with Crippen LogP contribution >= 0.6 is 11.3 Å². The van der Waals surface area contributed by atoms with Crippen molar-refractivity contribution in [3.05, 3.63) is 82.4 Å². The van der Waals surface area contributed by atoms with Crippen molar-refractivity contribution in [3.63, 3.8) is 0 Å². The van der Waals surface area contributed by atoms with Gasteiger partial charge in [-0.3, -0.25) is 14.9 Å². The third-order valence-electron chi connectivity index (χ3n) is 5.93. The molecule has 1 aromatic heterocycles. The minimum absolute atomic E-state index is 0.00643. The van der Waals surface area contributed by atoms with E-state index in [2.05, 4.69) is 30.9 Å². The first-order valence-electron chi connectivity index (χ1n) is 12.4. The number of nitro benzene ring substituents is 1. The summed E-state index contributed by atoms with van der Waals surface area (Å²) in [6, 6.07) is 21.7. The molecule has 0 aliphatic heterocycles. The predicted octanol–water partition coefficient (Wildman–Crippen LogP) is 6.52. The zero-order chi connectivity index (χ0) is 28.3. The Bertz CT molecular complexity index is 1530. The van der Waals surface area contributed by atoms with Crippen molar-refractivity contribution in [2.45, 2.75) is 19.3 Å². The van der Waals surface area contributed by atoms with Gasteiger partial charge in [-0.25, -0.2) is 4.98 Å². The van der Waals surface area contributed by atoms with E-state index >= 15 is 0 Å². The second kappa shape index (κ2) is 13.8. The number of nitro groups is 1. The van der Waals surface area contributed by atoms with Crippen molar-refractivity contribution in [1.29, 1.82) is 5.26 Å². The summed E-state index contributed by atoms with van der Waals surface area (Å²) in [6.07, 6.45) is 1.31. The molecular formula is C28H26N6O5S. The van der Waals surface area contributed by atoms with Crippen LogP contribution in [0.25, 0.3) is 10.2 Å². The molecule has 0 fully saturated rings. The van der Waals surface area contributed by atoms with Crippen LogP contribution in [0, 0.1) is 21.4 Å². The van der Waals surface area contributed by atoms with Crippen molar-refractivity contribution >= 4 is 49.7 Å². The van der Waals surface area contributed by atoms with E-state index in [4.69, 9.17) is 10.00 Å². The third kappa shape index (κ3) is 7.81. The van der Waals surface area contributed by atoms with Crippen LogP contribution in [0.4, 0.5) is 22.2 Å². The summed E-state index contributed by atoms with van der Waals surface area (Å²) in [5.74, 6) is 0.486. The lowest BCUT2D eigenvalue weighted by Crippen LogP contribution is -2.29. The van der Waals surface area contributed by atoms with Gasteiger partial charge in [-0.05, 0) is 54.4 Å². The number of nitrogens with zero attached hydrogens (tertiary/aromatic N) is 6. The number of aromatic nitrogens is 1. The number of nitriles is 1. The van der Waals surface area contributed by atoms with E-state index < -0.39 is 4.92 Å². The molecule has 3 aromatic carbocycles. The standard InChI is InChI=1S/C28H26N6O5S/c1-38-27(35)14-5-20-3-11-24(12-4-20)39-18-17-33(16-2-15-29)22-8-6-21(7-9-22)31-32-28-30-25-13-10-23(34(36)37)19-26(25)40-28/h3-4,6-13,19H,2,5,14,16-18H2,1H3. The molecule has 0 amide bonds. The zero-order valence-corrected chi connectivity index (χ0v) is 22.5. The summed E-state index contributed by atoms with van der Waals surface area (Å²) in [6.45, 7) is 1.54. The van der Waals surface area contributed by atoms with Gasteiger partial charge in [0.05, 0.1) is 47.0 Å². The highest BCUT2D eigenvalue weighted by molar-refractivity contribution is 7.21. The maximum atomic E-state index is 11.3. The molecule has 4 aromatic rings. The predicted molar refractivity (Wildman–Crippen MR) is 152 cm³/mol. The number of carbonyl (C=O) groups is 1. The van der Waals surface area contributed by atoms with Crippen molar-refractivity contribution in [1.82, 2.24) is 4.98 Å². The number of benzene rings is 3. The summed E-state index contributed by atoms with van der Waals surface area (Å²) in [7, 11) is 1.38. The summed E-state index contributed by atoms with van der Waals surface area (Å²) >= 11 is 1.23. The number of hydrogen-bond acceptors (Lipinski definition) is 11. The van der Waals surface area contributed by atoms with Gasteiger partial charge in [-0.1, -0.05) is 23.5 Å². The van der Waals surface area contributed by atoms with Crippen molar-refractivity contribution in [2.75, 3.05) is 31.7 Å². The Morgan fingerprint density at radius 2 is 1.88 bits per heavy atom. The zero-order valence-electron chi connectivity index (χ0n) is 21.7. The lowest BCUT2D eigenvalue weighted by molar-refractivity contribution is -0.384. The van der Waals surface area contributed by atoms with Gasteiger partial charge in [0.15, 0.2) is 0 Å². The van der Waals surface area contributed by atoms with Crippen LogP contribution in [-0.4, -0.2) is 42.7 Å². The number of azo groups is 1. The van der Waals surface area contributed by atoms with Crippen molar-refractivity contribution < 1.29 is 19.2 Å². The topological polar surface area (TPSA) is 143 Å². The first-order chi connectivity index (χ1) is 19.4. The molecule has 0 unspecified atom stereocenters. The Kier molecular flexibility index (Phi) is 9.68. The minimum atomic E-state index is -0.443. The molecular weight excluding hydrogens is 532 g/mol.